The average molecular weight is 344 g/mol. The Labute approximate surface area is 158 Å². The van der Waals surface area contributed by atoms with E-state index in [9.17, 15) is 0 Å². The molecule has 0 N–H and O–H groups in total. The van der Waals surface area contributed by atoms with Gasteiger partial charge in [0.1, 0.15) is 0 Å². The van der Waals surface area contributed by atoms with Crippen LogP contribution in [0.25, 0.3) is 6.08 Å². The van der Waals surface area contributed by atoms with Crippen LogP contribution in [0.15, 0.2) is 96.8 Å². The van der Waals surface area contributed by atoms with Gasteiger partial charge in [0.05, 0.1) is 5.76 Å². The van der Waals surface area contributed by atoms with E-state index in [-0.39, 0.29) is 0 Å². The maximum absolute atomic E-state index is 6.46. The van der Waals surface area contributed by atoms with Crippen LogP contribution in [-0.4, -0.2) is 0 Å². The van der Waals surface area contributed by atoms with Crippen LogP contribution in [0, 0.1) is 6.92 Å². The van der Waals surface area contributed by atoms with Gasteiger partial charge in [-0.1, -0.05) is 79.4 Å². The van der Waals surface area contributed by atoms with E-state index < -0.39 is 5.60 Å². The first-order valence-electron chi connectivity index (χ1n) is 8.95. The lowest BCUT2D eigenvalue weighted by Crippen LogP contribution is -2.27. The predicted molar refractivity (Wildman–Crippen MR) is 113 cm³/mol. The van der Waals surface area contributed by atoms with Crippen molar-refractivity contribution in [3.05, 3.63) is 114 Å². The molecule has 1 atom stereocenters. The van der Waals surface area contributed by atoms with E-state index in [2.05, 4.69) is 62.9 Å². The molecular formula is C25H28O. The highest BCUT2D eigenvalue weighted by Crippen LogP contribution is 2.37. The normalized spacial score (nSPS) is 14.9. The van der Waals surface area contributed by atoms with Gasteiger partial charge in [-0.3, -0.25) is 0 Å². The Morgan fingerprint density at radius 1 is 1.04 bits per heavy atom. The molecule has 0 aliphatic heterocycles. The highest BCUT2D eigenvalue weighted by molar-refractivity contribution is 5.62. The summed E-state index contributed by atoms with van der Waals surface area (Å²) in [6.07, 6.45) is 10.0. The first kappa shape index (κ1) is 19.5. The molecule has 0 aliphatic carbocycles. The lowest BCUT2D eigenvalue weighted by atomic mass is 9.85. The summed E-state index contributed by atoms with van der Waals surface area (Å²) < 4.78 is 6.46. The Bertz CT molecular complexity index is 824. The first-order chi connectivity index (χ1) is 12.5. The molecule has 0 heterocycles. The summed E-state index contributed by atoms with van der Waals surface area (Å²) in [7, 11) is 0. The standard InChI is InChI=1S/C25H28O/c1-6-8-15-21(4)26-25(5,24-17-10-9-11-18-24)23(7-2)19-22-16-13-12-14-20(22)3/h6-19H,2H2,1,3-5H3/b8-6-,21-15+,23-19+. The molecule has 0 amide bonds. The molecule has 0 aromatic heterocycles. The van der Waals surface area contributed by atoms with E-state index >= 15 is 0 Å². The minimum atomic E-state index is -0.631. The van der Waals surface area contributed by atoms with Gasteiger partial charge in [0.25, 0.3) is 0 Å². The molecule has 134 valence electrons. The van der Waals surface area contributed by atoms with Crippen LogP contribution in [0.4, 0.5) is 0 Å². The van der Waals surface area contributed by atoms with Crippen LogP contribution < -0.4 is 0 Å². The van der Waals surface area contributed by atoms with Crippen molar-refractivity contribution in [1.82, 2.24) is 0 Å². The van der Waals surface area contributed by atoms with Crippen molar-refractivity contribution in [2.75, 3.05) is 0 Å². The van der Waals surface area contributed by atoms with Crippen LogP contribution >= 0.6 is 0 Å². The van der Waals surface area contributed by atoms with Crippen LogP contribution in [0.3, 0.4) is 0 Å². The summed E-state index contributed by atoms with van der Waals surface area (Å²) in [5.41, 5.74) is 3.87. The van der Waals surface area contributed by atoms with Crippen molar-refractivity contribution in [2.24, 2.45) is 0 Å². The SMILES string of the molecule is C=C/C(=C\c1ccccc1C)C(C)(O/C(C)=C/C=C\C)c1ccccc1. The quantitative estimate of drug-likeness (QED) is 0.389. The van der Waals surface area contributed by atoms with Gasteiger partial charge in [-0.25, -0.2) is 0 Å². The van der Waals surface area contributed by atoms with E-state index in [1.807, 2.05) is 56.4 Å². The van der Waals surface area contributed by atoms with Crippen LogP contribution in [0.5, 0.6) is 0 Å². The molecular weight excluding hydrogens is 316 g/mol. The fourth-order valence-electron chi connectivity index (χ4n) is 2.94. The van der Waals surface area contributed by atoms with Crippen molar-refractivity contribution in [1.29, 1.82) is 0 Å². The maximum Gasteiger partial charge on any atom is 0.156 e. The molecule has 0 saturated carbocycles. The lowest BCUT2D eigenvalue weighted by molar-refractivity contribution is 0.0533. The zero-order chi connectivity index (χ0) is 19.0. The van der Waals surface area contributed by atoms with Gasteiger partial charge < -0.3 is 4.74 Å². The Kier molecular flexibility index (Phi) is 6.80. The minimum Gasteiger partial charge on any atom is -0.483 e. The van der Waals surface area contributed by atoms with Crippen LogP contribution in [0.1, 0.15) is 37.5 Å². The molecule has 2 aromatic carbocycles. The van der Waals surface area contributed by atoms with Crippen molar-refractivity contribution in [2.45, 2.75) is 33.3 Å². The second-order valence-corrected chi connectivity index (χ2v) is 6.46. The summed E-state index contributed by atoms with van der Waals surface area (Å²) in [5.74, 6) is 0.854. The van der Waals surface area contributed by atoms with E-state index in [4.69, 9.17) is 4.74 Å². The number of benzene rings is 2. The smallest absolute Gasteiger partial charge is 0.156 e. The van der Waals surface area contributed by atoms with Gasteiger partial charge in [0.15, 0.2) is 5.60 Å². The zero-order valence-electron chi connectivity index (χ0n) is 16.2. The first-order valence-corrected chi connectivity index (χ1v) is 8.95. The lowest BCUT2D eigenvalue weighted by Gasteiger charge is -2.33. The highest BCUT2D eigenvalue weighted by atomic mass is 16.5. The van der Waals surface area contributed by atoms with Crippen LogP contribution in [-0.2, 0) is 10.3 Å². The van der Waals surface area contributed by atoms with Crippen molar-refractivity contribution in [3.8, 4) is 0 Å². The van der Waals surface area contributed by atoms with E-state index in [1.54, 1.807) is 0 Å². The number of allylic oxidation sites excluding steroid dienone is 4. The molecule has 0 fully saturated rings. The second-order valence-electron chi connectivity index (χ2n) is 6.46. The molecule has 1 unspecified atom stereocenters. The van der Waals surface area contributed by atoms with Gasteiger partial charge in [0, 0.05) is 0 Å². The summed E-state index contributed by atoms with van der Waals surface area (Å²) in [6.45, 7) is 12.3. The van der Waals surface area contributed by atoms with Gasteiger partial charge in [-0.15, -0.1) is 0 Å². The third kappa shape index (κ3) is 4.64. The predicted octanol–water partition coefficient (Wildman–Crippen LogP) is 6.98. The van der Waals surface area contributed by atoms with Gasteiger partial charge >= 0.3 is 0 Å². The largest absolute Gasteiger partial charge is 0.483 e. The second kappa shape index (κ2) is 9.05. The fourth-order valence-corrected chi connectivity index (χ4v) is 2.94. The van der Waals surface area contributed by atoms with Gasteiger partial charge in [0.2, 0.25) is 0 Å². The van der Waals surface area contributed by atoms with Crippen molar-refractivity contribution in [3.63, 3.8) is 0 Å². The molecule has 0 radical (unpaired) electrons. The molecule has 26 heavy (non-hydrogen) atoms. The van der Waals surface area contributed by atoms with Gasteiger partial charge in [-0.2, -0.15) is 0 Å². The van der Waals surface area contributed by atoms with E-state index in [0.717, 1.165) is 16.9 Å². The number of hydrogen-bond acceptors (Lipinski definition) is 1. The number of hydrogen-bond donors (Lipinski definition) is 0. The Morgan fingerprint density at radius 3 is 2.31 bits per heavy atom. The van der Waals surface area contributed by atoms with Crippen molar-refractivity contribution < 1.29 is 4.74 Å². The Balaban J connectivity index is 2.58. The topological polar surface area (TPSA) is 9.23 Å². The fraction of sp³-hybridized carbons (Fsp3) is 0.200. The molecule has 1 heteroatoms. The number of aryl methyl sites for hydroxylation is 1. The molecule has 0 spiro atoms. The zero-order valence-corrected chi connectivity index (χ0v) is 16.2. The summed E-state index contributed by atoms with van der Waals surface area (Å²) in [4.78, 5) is 0. The Morgan fingerprint density at radius 2 is 1.69 bits per heavy atom. The summed E-state index contributed by atoms with van der Waals surface area (Å²) in [5, 5.41) is 0. The molecule has 0 aliphatic rings. The summed E-state index contributed by atoms with van der Waals surface area (Å²) in [6, 6.07) is 18.6. The monoisotopic (exact) mass is 344 g/mol. The minimum absolute atomic E-state index is 0.631. The number of ether oxygens (including phenoxy) is 1. The van der Waals surface area contributed by atoms with Crippen molar-refractivity contribution >= 4 is 6.08 Å². The highest BCUT2D eigenvalue weighted by Gasteiger charge is 2.32. The molecule has 2 rings (SSSR count). The van der Waals surface area contributed by atoms with E-state index in [1.165, 1.54) is 11.1 Å². The average Bonchev–Trinajstić information content (AvgIpc) is 2.66. The molecule has 1 nitrogen and oxygen atoms in total. The third-order valence-corrected chi connectivity index (χ3v) is 4.48. The number of rotatable bonds is 7. The molecule has 2 aromatic rings. The molecule has 0 saturated heterocycles. The third-order valence-electron chi connectivity index (χ3n) is 4.48. The van der Waals surface area contributed by atoms with E-state index in [0.29, 0.717) is 0 Å². The Hall–Kier alpha value is -2.80. The van der Waals surface area contributed by atoms with Gasteiger partial charge in [-0.05, 0) is 62.1 Å². The maximum atomic E-state index is 6.46. The summed E-state index contributed by atoms with van der Waals surface area (Å²) >= 11 is 0. The van der Waals surface area contributed by atoms with Crippen LogP contribution in [0.2, 0.25) is 0 Å². The molecule has 0 bridgehead atoms.